The molecular formula is C18H20N4O2. The fourth-order valence-electron chi connectivity index (χ4n) is 3.56. The van der Waals surface area contributed by atoms with Gasteiger partial charge in [-0.1, -0.05) is 18.2 Å². The molecular weight excluding hydrogens is 304 g/mol. The van der Waals surface area contributed by atoms with Gasteiger partial charge in [-0.05, 0) is 18.2 Å². The predicted octanol–water partition coefficient (Wildman–Crippen LogP) is 1.45. The number of para-hydroxylation sites is 1. The van der Waals surface area contributed by atoms with E-state index in [1.807, 2.05) is 35.2 Å². The molecule has 1 aromatic heterocycles. The van der Waals surface area contributed by atoms with Crippen molar-refractivity contribution >= 4 is 5.91 Å². The zero-order valence-electron chi connectivity index (χ0n) is 13.4. The van der Waals surface area contributed by atoms with E-state index in [1.54, 1.807) is 12.3 Å². The van der Waals surface area contributed by atoms with E-state index in [9.17, 15) is 4.79 Å². The van der Waals surface area contributed by atoms with Gasteiger partial charge in [-0.2, -0.15) is 10.2 Å². The van der Waals surface area contributed by atoms with Gasteiger partial charge in [0, 0.05) is 38.6 Å². The van der Waals surface area contributed by atoms with Gasteiger partial charge in [0.1, 0.15) is 11.9 Å². The monoisotopic (exact) mass is 324 g/mol. The summed E-state index contributed by atoms with van der Waals surface area (Å²) in [5.41, 5.74) is 0.605. The van der Waals surface area contributed by atoms with Crippen LogP contribution in [0.1, 0.15) is 16.8 Å². The van der Waals surface area contributed by atoms with Crippen LogP contribution >= 0.6 is 0 Å². The molecule has 0 bridgehead atoms. The van der Waals surface area contributed by atoms with Crippen molar-refractivity contribution in [3.05, 3.63) is 54.4 Å². The Labute approximate surface area is 141 Å². The maximum atomic E-state index is 12.6. The Morgan fingerprint density at radius 2 is 1.96 bits per heavy atom. The molecule has 6 heteroatoms. The first kappa shape index (κ1) is 15.1. The molecule has 2 saturated heterocycles. The second kappa shape index (κ2) is 6.57. The zero-order chi connectivity index (χ0) is 16.4. The lowest BCUT2D eigenvalue weighted by Crippen LogP contribution is -2.52. The van der Waals surface area contributed by atoms with E-state index in [-0.39, 0.29) is 12.0 Å². The standard InChI is InChI=1S/C18H20N4O2/c23-18(14-6-7-19-20-11-14)22-9-8-21-13-17(10-15(21)12-22)24-16-4-2-1-3-5-16/h1-7,11,15,17H,8-10,12-13H2/t15-,17+/m0/s1. The number of hydrogen-bond donors (Lipinski definition) is 0. The third-order valence-electron chi connectivity index (χ3n) is 4.74. The third kappa shape index (κ3) is 3.10. The van der Waals surface area contributed by atoms with Gasteiger partial charge in [-0.15, -0.1) is 0 Å². The van der Waals surface area contributed by atoms with Crippen molar-refractivity contribution in [1.82, 2.24) is 20.0 Å². The number of fused-ring (bicyclic) bond motifs is 1. The van der Waals surface area contributed by atoms with Gasteiger partial charge in [-0.25, -0.2) is 0 Å². The number of aromatic nitrogens is 2. The molecule has 0 radical (unpaired) electrons. The highest BCUT2D eigenvalue weighted by atomic mass is 16.5. The Balaban J connectivity index is 1.38. The number of piperazine rings is 1. The molecule has 0 N–H and O–H groups in total. The SMILES string of the molecule is O=C(c1ccnnc1)N1CCN2C[C@H](Oc3ccccc3)C[C@H]2C1. The van der Waals surface area contributed by atoms with Crippen LogP contribution in [0.15, 0.2) is 48.8 Å². The van der Waals surface area contributed by atoms with Crippen molar-refractivity contribution in [3.63, 3.8) is 0 Å². The maximum absolute atomic E-state index is 12.6. The summed E-state index contributed by atoms with van der Waals surface area (Å²) < 4.78 is 6.08. The van der Waals surface area contributed by atoms with Crippen molar-refractivity contribution in [2.75, 3.05) is 26.2 Å². The average molecular weight is 324 g/mol. The molecule has 2 aliphatic heterocycles. The van der Waals surface area contributed by atoms with E-state index in [1.165, 1.54) is 6.20 Å². The van der Waals surface area contributed by atoms with E-state index in [0.29, 0.717) is 11.6 Å². The topological polar surface area (TPSA) is 58.6 Å². The van der Waals surface area contributed by atoms with Crippen LogP contribution in [0.2, 0.25) is 0 Å². The van der Waals surface area contributed by atoms with Gasteiger partial charge in [0.2, 0.25) is 0 Å². The summed E-state index contributed by atoms with van der Waals surface area (Å²) in [7, 11) is 0. The van der Waals surface area contributed by atoms with E-state index in [2.05, 4.69) is 15.1 Å². The van der Waals surface area contributed by atoms with Gasteiger partial charge in [0.05, 0.1) is 18.0 Å². The van der Waals surface area contributed by atoms with Gasteiger partial charge in [-0.3, -0.25) is 9.69 Å². The van der Waals surface area contributed by atoms with Crippen LogP contribution in [0.3, 0.4) is 0 Å². The molecule has 2 atom stereocenters. The second-order valence-electron chi connectivity index (χ2n) is 6.32. The number of hydrogen-bond acceptors (Lipinski definition) is 5. The van der Waals surface area contributed by atoms with Gasteiger partial charge in [0.15, 0.2) is 0 Å². The smallest absolute Gasteiger partial charge is 0.255 e. The molecule has 0 spiro atoms. The largest absolute Gasteiger partial charge is 0.489 e. The van der Waals surface area contributed by atoms with Crippen LogP contribution < -0.4 is 4.74 Å². The van der Waals surface area contributed by atoms with Crippen molar-refractivity contribution in [2.45, 2.75) is 18.6 Å². The first-order chi connectivity index (χ1) is 11.8. The van der Waals surface area contributed by atoms with E-state index in [4.69, 9.17) is 4.74 Å². The Morgan fingerprint density at radius 3 is 2.75 bits per heavy atom. The van der Waals surface area contributed by atoms with Crippen LogP contribution in [0.4, 0.5) is 0 Å². The molecule has 2 aliphatic rings. The zero-order valence-corrected chi connectivity index (χ0v) is 13.4. The second-order valence-corrected chi connectivity index (χ2v) is 6.32. The van der Waals surface area contributed by atoms with Gasteiger partial charge in [0.25, 0.3) is 5.91 Å². The summed E-state index contributed by atoms with van der Waals surface area (Å²) in [4.78, 5) is 16.9. The molecule has 4 rings (SSSR count). The molecule has 24 heavy (non-hydrogen) atoms. The summed E-state index contributed by atoms with van der Waals surface area (Å²) in [5.74, 6) is 0.954. The fourth-order valence-corrected chi connectivity index (χ4v) is 3.56. The van der Waals surface area contributed by atoms with Crippen LogP contribution in [0.5, 0.6) is 5.75 Å². The van der Waals surface area contributed by atoms with Crippen LogP contribution in [0, 0.1) is 0 Å². The Bertz CT molecular complexity index is 695. The highest BCUT2D eigenvalue weighted by molar-refractivity contribution is 5.93. The molecule has 0 saturated carbocycles. The number of benzene rings is 1. The van der Waals surface area contributed by atoms with Gasteiger partial charge >= 0.3 is 0 Å². The first-order valence-electron chi connectivity index (χ1n) is 8.31. The first-order valence-corrected chi connectivity index (χ1v) is 8.31. The van der Waals surface area contributed by atoms with Crippen molar-refractivity contribution in [3.8, 4) is 5.75 Å². The number of rotatable bonds is 3. The maximum Gasteiger partial charge on any atom is 0.255 e. The van der Waals surface area contributed by atoms with Crippen LogP contribution in [-0.2, 0) is 0 Å². The molecule has 3 heterocycles. The highest BCUT2D eigenvalue weighted by Gasteiger charge is 2.38. The Morgan fingerprint density at radius 1 is 1.08 bits per heavy atom. The Hall–Kier alpha value is -2.47. The van der Waals surface area contributed by atoms with E-state index < -0.39 is 0 Å². The minimum Gasteiger partial charge on any atom is -0.489 e. The van der Waals surface area contributed by atoms with Crippen molar-refractivity contribution < 1.29 is 9.53 Å². The van der Waals surface area contributed by atoms with Crippen LogP contribution in [0.25, 0.3) is 0 Å². The summed E-state index contributed by atoms with van der Waals surface area (Å²) in [6.07, 6.45) is 4.23. The molecule has 2 fully saturated rings. The lowest BCUT2D eigenvalue weighted by atomic mass is 10.1. The molecule has 0 aliphatic carbocycles. The normalized spacial score (nSPS) is 23.8. The molecule has 124 valence electrons. The Kier molecular flexibility index (Phi) is 4.13. The lowest BCUT2D eigenvalue weighted by molar-refractivity contribution is 0.0569. The molecule has 1 aromatic carbocycles. The van der Waals surface area contributed by atoms with Crippen molar-refractivity contribution in [1.29, 1.82) is 0 Å². The molecule has 1 amide bonds. The van der Waals surface area contributed by atoms with Gasteiger partial charge < -0.3 is 9.64 Å². The summed E-state index contributed by atoms with van der Waals surface area (Å²) in [6.45, 7) is 3.31. The fraction of sp³-hybridized carbons (Fsp3) is 0.389. The number of carbonyl (C=O) groups excluding carboxylic acids is 1. The minimum absolute atomic E-state index is 0.0389. The van der Waals surface area contributed by atoms with Crippen LogP contribution in [-0.4, -0.2) is 64.2 Å². The minimum atomic E-state index is 0.0389. The number of ether oxygens (including phenoxy) is 1. The van der Waals surface area contributed by atoms with E-state index in [0.717, 1.165) is 38.3 Å². The summed E-state index contributed by atoms with van der Waals surface area (Å²) >= 11 is 0. The molecule has 2 aromatic rings. The predicted molar refractivity (Wildman–Crippen MR) is 88.8 cm³/mol. The number of carbonyl (C=O) groups is 1. The lowest BCUT2D eigenvalue weighted by Gasteiger charge is -2.37. The number of amides is 1. The third-order valence-corrected chi connectivity index (χ3v) is 4.74. The average Bonchev–Trinajstić information content (AvgIpc) is 3.04. The molecule has 0 unspecified atom stereocenters. The quantitative estimate of drug-likeness (QED) is 0.855. The molecule has 6 nitrogen and oxygen atoms in total. The number of nitrogens with zero attached hydrogens (tertiary/aromatic N) is 4. The summed E-state index contributed by atoms with van der Waals surface area (Å²) in [5, 5.41) is 7.53. The summed E-state index contributed by atoms with van der Waals surface area (Å²) in [6, 6.07) is 12.0. The van der Waals surface area contributed by atoms with Crippen molar-refractivity contribution in [2.24, 2.45) is 0 Å². The highest BCUT2D eigenvalue weighted by Crippen LogP contribution is 2.26. The van der Waals surface area contributed by atoms with E-state index >= 15 is 0 Å².